The van der Waals surface area contributed by atoms with E-state index in [0.717, 1.165) is 44.0 Å². The van der Waals surface area contributed by atoms with Gasteiger partial charge in [-0.1, -0.05) is 24.3 Å². The van der Waals surface area contributed by atoms with Crippen molar-refractivity contribution in [1.29, 1.82) is 0 Å². The topological polar surface area (TPSA) is 51.2 Å². The first-order chi connectivity index (χ1) is 14.1. The number of piperazine rings is 1. The minimum Gasteiger partial charge on any atom is -0.496 e. The quantitative estimate of drug-likeness (QED) is 0.684. The number of hydrogen-bond acceptors (Lipinski definition) is 5. The molecule has 1 aliphatic rings. The Morgan fingerprint density at radius 3 is 2.24 bits per heavy atom. The van der Waals surface area contributed by atoms with E-state index in [1.165, 1.54) is 5.56 Å². The second-order valence-corrected chi connectivity index (χ2v) is 7.16. The molecule has 0 atom stereocenters. The van der Waals surface area contributed by atoms with Crippen LogP contribution in [0.25, 0.3) is 0 Å². The van der Waals surface area contributed by atoms with Gasteiger partial charge in [-0.05, 0) is 30.2 Å². The van der Waals surface area contributed by atoms with Gasteiger partial charge in [0.1, 0.15) is 5.75 Å². The Balaban J connectivity index is 1.47. The fourth-order valence-electron chi connectivity index (χ4n) is 3.68. The van der Waals surface area contributed by atoms with E-state index in [-0.39, 0.29) is 5.91 Å². The first kappa shape index (κ1) is 21.0. The number of para-hydroxylation sites is 1. The molecule has 1 aliphatic heterocycles. The lowest BCUT2D eigenvalue weighted by atomic mass is 10.1. The monoisotopic (exact) mass is 398 g/mol. The summed E-state index contributed by atoms with van der Waals surface area (Å²) in [5, 5.41) is 0. The molecule has 0 aliphatic carbocycles. The normalized spacial score (nSPS) is 14.5. The maximum Gasteiger partial charge on any atom is 0.222 e. The van der Waals surface area contributed by atoms with Crippen molar-refractivity contribution >= 4 is 5.91 Å². The van der Waals surface area contributed by atoms with Gasteiger partial charge in [-0.25, -0.2) is 0 Å². The standard InChI is InChI=1S/C23H30N2O4/c1-27-20-7-5-4-6-19(20)17-24-12-14-25(15-13-24)23(26)11-9-18-8-10-21(28-2)22(16-18)29-3/h4-8,10,16H,9,11-15,17H2,1-3H3. The van der Waals surface area contributed by atoms with E-state index < -0.39 is 0 Å². The summed E-state index contributed by atoms with van der Waals surface area (Å²) < 4.78 is 16.1. The molecule has 6 heteroatoms. The van der Waals surface area contributed by atoms with Crippen LogP contribution in [0.5, 0.6) is 17.2 Å². The molecule has 6 nitrogen and oxygen atoms in total. The van der Waals surface area contributed by atoms with E-state index in [0.29, 0.717) is 24.3 Å². The third-order valence-corrected chi connectivity index (χ3v) is 5.39. The molecule has 0 N–H and O–H groups in total. The van der Waals surface area contributed by atoms with Crippen molar-refractivity contribution in [2.45, 2.75) is 19.4 Å². The molecule has 0 saturated carbocycles. The number of aryl methyl sites for hydroxylation is 1. The molecule has 156 valence electrons. The summed E-state index contributed by atoms with van der Waals surface area (Å²) in [5.41, 5.74) is 2.26. The number of carbonyl (C=O) groups is 1. The zero-order chi connectivity index (χ0) is 20.6. The van der Waals surface area contributed by atoms with E-state index in [1.54, 1.807) is 21.3 Å². The Hall–Kier alpha value is -2.73. The van der Waals surface area contributed by atoms with Crippen molar-refractivity contribution in [1.82, 2.24) is 9.80 Å². The molecular weight excluding hydrogens is 368 g/mol. The van der Waals surface area contributed by atoms with Crippen molar-refractivity contribution in [2.24, 2.45) is 0 Å². The molecule has 1 heterocycles. The molecule has 29 heavy (non-hydrogen) atoms. The molecule has 0 aromatic heterocycles. The zero-order valence-corrected chi connectivity index (χ0v) is 17.5. The third kappa shape index (κ3) is 5.41. The Labute approximate surface area is 173 Å². The Morgan fingerprint density at radius 2 is 1.55 bits per heavy atom. The SMILES string of the molecule is COc1ccccc1CN1CCN(C(=O)CCc2ccc(OC)c(OC)c2)CC1. The van der Waals surface area contributed by atoms with Crippen molar-refractivity contribution in [3.8, 4) is 17.2 Å². The summed E-state index contributed by atoms with van der Waals surface area (Å²) in [4.78, 5) is 17.0. The fraction of sp³-hybridized carbons (Fsp3) is 0.435. The summed E-state index contributed by atoms with van der Waals surface area (Å²) in [7, 11) is 4.94. The van der Waals surface area contributed by atoms with Gasteiger partial charge in [-0.2, -0.15) is 0 Å². The van der Waals surface area contributed by atoms with Gasteiger partial charge in [0.05, 0.1) is 21.3 Å². The highest BCUT2D eigenvalue weighted by Gasteiger charge is 2.21. The van der Waals surface area contributed by atoms with E-state index >= 15 is 0 Å². The van der Waals surface area contributed by atoms with Gasteiger partial charge in [-0.15, -0.1) is 0 Å². The number of benzene rings is 2. The molecular formula is C23H30N2O4. The number of nitrogens with zero attached hydrogens (tertiary/aromatic N) is 2. The number of methoxy groups -OCH3 is 3. The summed E-state index contributed by atoms with van der Waals surface area (Å²) in [6.07, 6.45) is 1.20. The van der Waals surface area contributed by atoms with Crippen molar-refractivity contribution < 1.29 is 19.0 Å². The first-order valence-corrected chi connectivity index (χ1v) is 9.97. The maximum absolute atomic E-state index is 12.6. The van der Waals surface area contributed by atoms with Crippen LogP contribution >= 0.6 is 0 Å². The molecule has 2 aromatic rings. The van der Waals surface area contributed by atoms with Gasteiger partial charge in [0.15, 0.2) is 11.5 Å². The molecule has 0 spiro atoms. The smallest absolute Gasteiger partial charge is 0.222 e. The van der Waals surface area contributed by atoms with Crippen LogP contribution in [-0.4, -0.2) is 63.2 Å². The number of rotatable bonds is 8. The molecule has 0 unspecified atom stereocenters. The van der Waals surface area contributed by atoms with E-state index in [2.05, 4.69) is 11.0 Å². The third-order valence-electron chi connectivity index (χ3n) is 5.39. The summed E-state index contributed by atoms with van der Waals surface area (Å²) in [6, 6.07) is 13.9. The Bertz CT molecular complexity index is 816. The molecule has 2 aromatic carbocycles. The van der Waals surface area contributed by atoms with Gasteiger partial charge in [0, 0.05) is 44.7 Å². The minimum atomic E-state index is 0.205. The van der Waals surface area contributed by atoms with Crippen LogP contribution < -0.4 is 14.2 Å². The molecule has 3 rings (SSSR count). The highest BCUT2D eigenvalue weighted by atomic mass is 16.5. The molecule has 1 saturated heterocycles. The van der Waals surface area contributed by atoms with E-state index in [4.69, 9.17) is 14.2 Å². The molecule has 0 bridgehead atoms. The van der Waals surface area contributed by atoms with E-state index in [9.17, 15) is 4.79 Å². The number of amides is 1. The Kier molecular flexibility index (Phi) is 7.36. The van der Waals surface area contributed by atoms with Crippen LogP contribution in [-0.2, 0) is 17.8 Å². The van der Waals surface area contributed by atoms with Crippen LogP contribution in [0.4, 0.5) is 0 Å². The van der Waals surface area contributed by atoms with Crippen molar-refractivity contribution in [2.75, 3.05) is 47.5 Å². The lowest BCUT2D eigenvalue weighted by molar-refractivity contribution is -0.133. The fourth-order valence-corrected chi connectivity index (χ4v) is 3.68. The predicted octanol–water partition coefficient (Wildman–Crippen LogP) is 2.99. The average Bonchev–Trinajstić information content (AvgIpc) is 2.78. The van der Waals surface area contributed by atoms with E-state index in [1.807, 2.05) is 41.3 Å². The average molecular weight is 399 g/mol. The van der Waals surface area contributed by atoms with Crippen LogP contribution in [0, 0.1) is 0 Å². The highest BCUT2D eigenvalue weighted by molar-refractivity contribution is 5.76. The molecule has 1 fully saturated rings. The number of carbonyl (C=O) groups excluding carboxylic acids is 1. The number of ether oxygens (including phenoxy) is 3. The lowest BCUT2D eigenvalue weighted by Gasteiger charge is -2.35. The minimum absolute atomic E-state index is 0.205. The number of hydrogen-bond donors (Lipinski definition) is 0. The zero-order valence-electron chi connectivity index (χ0n) is 17.5. The van der Waals surface area contributed by atoms with Crippen LogP contribution in [0.3, 0.4) is 0 Å². The van der Waals surface area contributed by atoms with Crippen molar-refractivity contribution in [3.63, 3.8) is 0 Å². The second-order valence-electron chi connectivity index (χ2n) is 7.16. The first-order valence-electron chi connectivity index (χ1n) is 9.97. The van der Waals surface area contributed by atoms with Gasteiger partial charge in [-0.3, -0.25) is 9.69 Å². The summed E-state index contributed by atoms with van der Waals surface area (Å²) >= 11 is 0. The molecule has 0 radical (unpaired) electrons. The summed E-state index contributed by atoms with van der Waals surface area (Å²) in [5.74, 6) is 2.52. The van der Waals surface area contributed by atoms with Crippen molar-refractivity contribution in [3.05, 3.63) is 53.6 Å². The van der Waals surface area contributed by atoms with Crippen LogP contribution in [0.15, 0.2) is 42.5 Å². The Morgan fingerprint density at radius 1 is 0.862 bits per heavy atom. The van der Waals surface area contributed by atoms with Crippen LogP contribution in [0.2, 0.25) is 0 Å². The predicted molar refractivity (Wildman–Crippen MR) is 113 cm³/mol. The van der Waals surface area contributed by atoms with Gasteiger partial charge >= 0.3 is 0 Å². The van der Waals surface area contributed by atoms with Crippen LogP contribution in [0.1, 0.15) is 17.5 Å². The second kappa shape index (κ2) is 10.2. The van der Waals surface area contributed by atoms with Gasteiger partial charge in [0.2, 0.25) is 5.91 Å². The largest absolute Gasteiger partial charge is 0.496 e. The summed E-state index contributed by atoms with van der Waals surface area (Å²) in [6.45, 7) is 4.12. The van der Waals surface area contributed by atoms with Gasteiger partial charge < -0.3 is 19.1 Å². The maximum atomic E-state index is 12.6. The highest BCUT2D eigenvalue weighted by Crippen LogP contribution is 2.28. The van der Waals surface area contributed by atoms with Gasteiger partial charge in [0.25, 0.3) is 0 Å². The molecule has 1 amide bonds. The lowest BCUT2D eigenvalue weighted by Crippen LogP contribution is -2.48.